The molecular weight excluding hydrogens is 448 g/mol. The van der Waals surface area contributed by atoms with E-state index in [9.17, 15) is 14.7 Å². The quantitative estimate of drug-likeness (QED) is 0.683. The number of ether oxygens (including phenoxy) is 2. The molecule has 3 amide bonds. The molecule has 2 N–H and O–H groups in total. The molecule has 1 aromatic rings. The summed E-state index contributed by atoms with van der Waals surface area (Å²) in [5.41, 5.74) is 0.626. The number of β-amino-alcohol motifs (C(OH)–C–C–N with tert-alkyl or cyclic N) is 1. The number of piperazine rings is 1. The second-order valence-electron chi connectivity index (χ2n) is 9.11. The third-order valence-corrected chi connectivity index (χ3v) is 6.85. The van der Waals surface area contributed by atoms with Crippen LogP contribution >= 0.6 is 11.6 Å². The van der Waals surface area contributed by atoms with Crippen molar-refractivity contribution in [2.45, 2.75) is 43.6 Å². The van der Waals surface area contributed by atoms with E-state index in [0.717, 1.165) is 26.2 Å². The average Bonchev–Trinajstić information content (AvgIpc) is 2.78. The lowest BCUT2D eigenvalue weighted by Gasteiger charge is -2.44. The molecule has 182 valence electrons. The van der Waals surface area contributed by atoms with Crippen LogP contribution in [0.1, 0.15) is 19.3 Å². The minimum absolute atomic E-state index is 0.117. The molecule has 9 nitrogen and oxygen atoms in total. The van der Waals surface area contributed by atoms with E-state index < -0.39 is 6.10 Å². The van der Waals surface area contributed by atoms with Gasteiger partial charge in [-0.05, 0) is 44.2 Å². The molecule has 1 aromatic carbocycles. The third-order valence-electron chi connectivity index (χ3n) is 6.60. The maximum Gasteiger partial charge on any atom is 0.322 e. The molecule has 0 bridgehead atoms. The topological polar surface area (TPSA) is 94.6 Å². The first-order chi connectivity index (χ1) is 15.9. The van der Waals surface area contributed by atoms with Gasteiger partial charge in [0.2, 0.25) is 5.91 Å². The standard InChI is InChI=1S/C23H33ClN4O5/c1-26-8-10-27(11-9-26)22(30)12-19-6-7-20-21(33-19)15-32-14-18(29)13-28(20)23(31)25-17-4-2-16(24)3-5-17/h2-5,18-21,29H,6-15H2,1H3,(H,25,31)/t18-,19-,20+,21-/m1/s1. The Morgan fingerprint density at radius 2 is 1.85 bits per heavy atom. The number of benzene rings is 1. The van der Waals surface area contributed by atoms with Gasteiger partial charge < -0.3 is 34.6 Å². The van der Waals surface area contributed by atoms with Gasteiger partial charge in [0.1, 0.15) is 6.10 Å². The Balaban J connectivity index is 1.39. The molecule has 3 aliphatic rings. The zero-order valence-corrected chi connectivity index (χ0v) is 19.7. The van der Waals surface area contributed by atoms with Crippen LogP contribution in [-0.4, -0.2) is 109 Å². The van der Waals surface area contributed by atoms with Crippen molar-refractivity contribution in [1.29, 1.82) is 0 Å². The molecule has 33 heavy (non-hydrogen) atoms. The van der Waals surface area contributed by atoms with E-state index in [0.29, 0.717) is 30.0 Å². The number of rotatable bonds is 3. The number of aliphatic hydroxyl groups is 1. The Kier molecular flexibility index (Phi) is 8.08. The Hall–Kier alpha value is -1.91. The molecule has 4 atom stereocenters. The van der Waals surface area contributed by atoms with Gasteiger partial charge in [-0.3, -0.25) is 4.79 Å². The molecule has 0 unspecified atom stereocenters. The minimum Gasteiger partial charge on any atom is -0.389 e. The van der Waals surface area contributed by atoms with Crippen LogP contribution < -0.4 is 5.32 Å². The fourth-order valence-electron chi connectivity index (χ4n) is 4.68. The van der Waals surface area contributed by atoms with E-state index in [1.165, 1.54) is 0 Å². The largest absolute Gasteiger partial charge is 0.389 e. The van der Waals surface area contributed by atoms with E-state index in [4.69, 9.17) is 21.1 Å². The van der Waals surface area contributed by atoms with E-state index >= 15 is 0 Å². The summed E-state index contributed by atoms with van der Waals surface area (Å²) in [6.07, 6.45) is 0.349. The molecule has 4 rings (SSSR count). The minimum atomic E-state index is -0.779. The van der Waals surface area contributed by atoms with Crippen molar-refractivity contribution < 1.29 is 24.2 Å². The zero-order chi connectivity index (χ0) is 23.4. The average molecular weight is 481 g/mol. The van der Waals surface area contributed by atoms with Crippen LogP contribution in [0.3, 0.4) is 0 Å². The summed E-state index contributed by atoms with van der Waals surface area (Å²) in [6.45, 7) is 3.80. The molecule has 0 spiro atoms. The van der Waals surface area contributed by atoms with Gasteiger partial charge in [-0.15, -0.1) is 0 Å². The van der Waals surface area contributed by atoms with E-state index in [-0.39, 0.29) is 49.9 Å². The maximum atomic E-state index is 13.1. The summed E-state index contributed by atoms with van der Waals surface area (Å²) in [7, 11) is 2.06. The Labute approximate surface area is 199 Å². The molecule has 0 aliphatic carbocycles. The van der Waals surface area contributed by atoms with Crippen LogP contribution in [0.5, 0.6) is 0 Å². The van der Waals surface area contributed by atoms with Crippen molar-refractivity contribution in [1.82, 2.24) is 14.7 Å². The van der Waals surface area contributed by atoms with Crippen LogP contribution in [0, 0.1) is 0 Å². The number of urea groups is 1. The fraction of sp³-hybridized carbons (Fsp3) is 0.652. The smallest absolute Gasteiger partial charge is 0.322 e. The summed E-state index contributed by atoms with van der Waals surface area (Å²) >= 11 is 5.94. The van der Waals surface area contributed by atoms with Crippen LogP contribution in [0.4, 0.5) is 10.5 Å². The molecule has 3 aliphatic heterocycles. The van der Waals surface area contributed by atoms with Crippen LogP contribution in [0.2, 0.25) is 5.02 Å². The van der Waals surface area contributed by atoms with Crippen molar-refractivity contribution in [2.24, 2.45) is 0 Å². The first kappa shape index (κ1) is 24.2. The number of hydrogen-bond acceptors (Lipinski definition) is 6. The number of hydrogen-bond donors (Lipinski definition) is 2. The predicted molar refractivity (Wildman–Crippen MR) is 124 cm³/mol. The molecule has 3 fully saturated rings. The van der Waals surface area contributed by atoms with Crippen LogP contribution in [0.25, 0.3) is 0 Å². The molecule has 3 heterocycles. The van der Waals surface area contributed by atoms with Crippen molar-refractivity contribution in [3.8, 4) is 0 Å². The lowest BCUT2D eigenvalue weighted by Crippen LogP contribution is -2.58. The number of aliphatic hydroxyl groups excluding tert-OH is 1. The number of anilines is 1. The van der Waals surface area contributed by atoms with E-state index in [1.807, 2.05) is 4.90 Å². The van der Waals surface area contributed by atoms with Gasteiger partial charge in [0.15, 0.2) is 0 Å². The van der Waals surface area contributed by atoms with Crippen molar-refractivity contribution in [3.63, 3.8) is 0 Å². The zero-order valence-electron chi connectivity index (χ0n) is 19.0. The first-order valence-corrected chi connectivity index (χ1v) is 12.0. The van der Waals surface area contributed by atoms with Crippen molar-refractivity contribution in [3.05, 3.63) is 29.3 Å². The lowest BCUT2D eigenvalue weighted by molar-refractivity contribution is -0.155. The summed E-state index contributed by atoms with van der Waals surface area (Å²) < 4.78 is 11.9. The summed E-state index contributed by atoms with van der Waals surface area (Å²) in [5.74, 6) is 0.117. The number of fused-ring (bicyclic) bond motifs is 1. The highest BCUT2D eigenvalue weighted by atomic mass is 35.5. The number of carbonyl (C=O) groups is 2. The normalized spacial score (nSPS) is 29.1. The van der Waals surface area contributed by atoms with Gasteiger partial charge in [-0.25, -0.2) is 4.79 Å². The Bertz CT molecular complexity index is 818. The monoisotopic (exact) mass is 480 g/mol. The first-order valence-electron chi connectivity index (χ1n) is 11.6. The van der Waals surface area contributed by atoms with Crippen molar-refractivity contribution in [2.75, 3.05) is 58.3 Å². The van der Waals surface area contributed by atoms with E-state index in [2.05, 4.69) is 17.3 Å². The number of nitrogens with one attached hydrogen (secondary N) is 1. The van der Waals surface area contributed by atoms with Crippen molar-refractivity contribution >= 4 is 29.2 Å². The predicted octanol–water partition coefficient (Wildman–Crippen LogP) is 1.65. The highest BCUT2D eigenvalue weighted by Crippen LogP contribution is 2.29. The van der Waals surface area contributed by atoms with Gasteiger partial charge in [-0.1, -0.05) is 11.6 Å². The van der Waals surface area contributed by atoms with E-state index in [1.54, 1.807) is 29.2 Å². The van der Waals surface area contributed by atoms with Gasteiger partial charge in [0.25, 0.3) is 0 Å². The number of amides is 3. The Morgan fingerprint density at radius 1 is 1.12 bits per heavy atom. The molecule has 3 saturated heterocycles. The molecule has 0 radical (unpaired) electrons. The van der Waals surface area contributed by atoms with Gasteiger partial charge >= 0.3 is 6.03 Å². The number of carbonyl (C=O) groups excluding carboxylic acids is 2. The molecular formula is C23H33ClN4O5. The second kappa shape index (κ2) is 11.0. The SMILES string of the molecule is CN1CCN(C(=O)C[C@H]2CC[C@H]3[C@@H](COC[C@H](O)CN3C(=O)Nc3ccc(Cl)cc3)O2)CC1. The summed E-state index contributed by atoms with van der Waals surface area (Å²) in [6, 6.07) is 6.34. The highest BCUT2D eigenvalue weighted by molar-refractivity contribution is 6.30. The third kappa shape index (κ3) is 6.36. The summed E-state index contributed by atoms with van der Waals surface area (Å²) in [5, 5.41) is 13.8. The lowest BCUT2D eigenvalue weighted by atomic mass is 9.94. The maximum absolute atomic E-state index is 13.1. The molecule has 0 aromatic heterocycles. The highest BCUT2D eigenvalue weighted by Gasteiger charge is 2.40. The molecule has 0 saturated carbocycles. The molecule has 10 heteroatoms. The van der Waals surface area contributed by atoms with Gasteiger partial charge in [0, 0.05) is 36.9 Å². The van der Waals surface area contributed by atoms with Crippen LogP contribution in [0.15, 0.2) is 24.3 Å². The van der Waals surface area contributed by atoms with Gasteiger partial charge in [-0.2, -0.15) is 0 Å². The number of nitrogens with zero attached hydrogens (tertiary/aromatic N) is 3. The number of likely N-dealkylation sites (N-methyl/N-ethyl adjacent to an activating group) is 1. The number of halogens is 1. The van der Waals surface area contributed by atoms with Gasteiger partial charge in [0.05, 0.1) is 44.4 Å². The Morgan fingerprint density at radius 3 is 2.58 bits per heavy atom. The second-order valence-corrected chi connectivity index (χ2v) is 9.55. The summed E-state index contributed by atoms with van der Waals surface area (Å²) in [4.78, 5) is 31.7. The fourth-order valence-corrected chi connectivity index (χ4v) is 4.81. The van der Waals surface area contributed by atoms with Crippen LogP contribution in [-0.2, 0) is 14.3 Å².